The Kier molecular flexibility index (Phi) is 3.53. The molecule has 1 aliphatic rings. The summed E-state index contributed by atoms with van der Waals surface area (Å²) in [6.07, 6.45) is 2.80. The minimum atomic E-state index is -0.424. The Labute approximate surface area is 120 Å². The van der Waals surface area contributed by atoms with Crippen LogP contribution in [0.15, 0.2) is 23.0 Å². The second-order valence-corrected chi connectivity index (χ2v) is 5.46. The number of nitrogens with zero attached hydrogens (tertiary/aromatic N) is 1. The number of imidazole rings is 1. The Hall–Kier alpha value is -2.11. The fraction of sp³-hybridized carbons (Fsp3) is 0.467. The Morgan fingerprint density at radius 1 is 1.33 bits per heavy atom. The fourth-order valence-corrected chi connectivity index (χ4v) is 3.21. The van der Waals surface area contributed by atoms with Gasteiger partial charge in [0.05, 0.1) is 18.5 Å². The molecule has 6 heteroatoms. The molecule has 0 radical (unpaired) electrons. The number of aromatic amines is 1. The molecule has 1 aromatic heterocycles. The number of nitrogens with one attached hydrogen (secondary N) is 1. The quantitative estimate of drug-likeness (QED) is 0.864. The van der Waals surface area contributed by atoms with Crippen LogP contribution in [0.2, 0.25) is 0 Å². The van der Waals surface area contributed by atoms with E-state index in [9.17, 15) is 14.0 Å². The maximum atomic E-state index is 13.7. The minimum absolute atomic E-state index is 0.00560. The van der Waals surface area contributed by atoms with E-state index >= 15 is 0 Å². The molecule has 1 saturated carbocycles. The highest BCUT2D eigenvalue weighted by Gasteiger charge is 2.29. The monoisotopic (exact) mass is 292 g/mol. The zero-order valence-electron chi connectivity index (χ0n) is 11.8. The number of esters is 1. The van der Waals surface area contributed by atoms with Gasteiger partial charge in [-0.15, -0.1) is 0 Å². The van der Waals surface area contributed by atoms with Crippen molar-refractivity contribution in [3.63, 3.8) is 0 Å². The summed E-state index contributed by atoms with van der Waals surface area (Å²) < 4.78 is 20.1. The van der Waals surface area contributed by atoms with Crippen LogP contribution in [0.4, 0.5) is 4.39 Å². The van der Waals surface area contributed by atoms with Crippen molar-refractivity contribution in [2.45, 2.75) is 31.7 Å². The van der Waals surface area contributed by atoms with E-state index in [1.165, 1.54) is 13.2 Å². The summed E-state index contributed by atoms with van der Waals surface area (Å²) in [6.45, 7) is 0. The third-order valence-electron chi connectivity index (χ3n) is 4.30. The van der Waals surface area contributed by atoms with Gasteiger partial charge in [0, 0.05) is 6.04 Å². The lowest BCUT2D eigenvalue weighted by Crippen LogP contribution is -2.29. The van der Waals surface area contributed by atoms with Crippen LogP contribution < -0.4 is 5.69 Å². The molecule has 1 aliphatic carbocycles. The van der Waals surface area contributed by atoms with Crippen LogP contribution in [0.5, 0.6) is 0 Å². The van der Waals surface area contributed by atoms with Crippen LogP contribution in [0.3, 0.4) is 0 Å². The van der Waals surface area contributed by atoms with Crippen LogP contribution in [0.25, 0.3) is 11.0 Å². The average molecular weight is 292 g/mol. The normalized spacial score (nSPS) is 22.4. The second kappa shape index (κ2) is 5.35. The zero-order chi connectivity index (χ0) is 15.0. The fourth-order valence-electron chi connectivity index (χ4n) is 3.21. The van der Waals surface area contributed by atoms with Crippen molar-refractivity contribution in [2.24, 2.45) is 5.92 Å². The first kappa shape index (κ1) is 13.9. The predicted molar refractivity (Wildman–Crippen MR) is 75.5 cm³/mol. The molecule has 1 heterocycles. The van der Waals surface area contributed by atoms with Gasteiger partial charge in [0.25, 0.3) is 0 Å². The summed E-state index contributed by atoms with van der Waals surface area (Å²) in [7, 11) is 1.39. The number of hydrogen-bond donors (Lipinski definition) is 1. The molecule has 0 spiro atoms. The SMILES string of the molecule is COC(=O)C1CCC(n2c(=O)[nH]c3c(F)cccc32)CC1. The Morgan fingerprint density at radius 3 is 2.71 bits per heavy atom. The van der Waals surface area contributed by atoms with E-state index in [0.717, 1.165) is 0 Å². The van der Waals surface area contributed by atoms with Crippen LogP contribution >= 0.6 is 0 Å². The summed E-state index contributed by atoms with van der Waals surface area (Å²) in [5.74, 6) is -0.707. The van der Waals surface area contributed by atoms with Crippen LogP contribution in [-0.4, -0.2) is 22.6 Å². The van der Waals surface area contributed by atoms with Crippen LogP contribution in [0.1, 0.15) is 31.7 Å². The maximum absolute atomic E-state index is 13.7. The number of hydrogen-bond acceptors (Lipinski definition) is 3. The molecule has 112 valence electrons. The van der Waals surface area contributed by atoms with Gasteiger partial charge < -0.3 is 9.72 Å². The number of carbonyl (C=O) groups is 1. The molecule has 21 heavy (non-hydrogen) atoms. The van der Waals surface area contributed by atoms with Gasteiger partial charge in [-0.2, -0.15) is 0 Å². The summed E-state index contributed by atoms with van der Waals surface area (Å²) in [4.78, 5) is 26.2. The van der Waals surface area contributed by atoms with Crippen molar-refractivity contribution in [3.05, 3.63) is 34.5 Å². The average Bonchev–Trinajstić information content (AvgIpc) is 2.84. The van der Waals surface area contributed by atoms with Crippen molar-refractivity contribution in [3.8, 4) is 0 Å². The zero-order valence-corrected chi connectivity index (χ0v) is 11.8. The molecule has 0 atom stereocenters. The van der Waals surface area contributed by atoms with Gasteiger partial charge in [-0.3, -0.25) is 9.36 Å². The van der Waals surface area contributed by atoms with E-state index in [1.807, 2.05) is 0 Å². The number of aromatic nitrogens is 2. The lowest BCUT2D eigenvalue weighted by atomic mass is 9.86. The van der Waals surface area contributed by atoms with E-state index in [0.29, 0.717) is 31.2 Å². The Balaban J connectivity index is 1.89. The highest BCUT2D eigenvalue weighted by Crippen LogP contribution is 2.33. The second-order valence-electron chi connectivity index (χ2n) is 5.46. The van der Waals surface area contributed by atoms with Crippen molar-refractivity contribution >= 4 is 17.0 Å². The van der Waals surface area contributed by atoms with E-state index in [4.69, 9.17) is 4.74 Å². The molecule has 1 N–H and O–H groups in total. The molecule has 1 fully saturated rings. The highest BCUT2D eigenvalue weighted by atomic mass is 19.1. The molecular formula is C15H17FN2O3. The van der Waals surface area contributed by atoms with Gasteiger partial charge in [-0.05, 0) is 37.8 Å². The molecule has 5 nitrogen and oxygen atoms in total. The number of ether oxygens (including phenoxy) is 1. The van der Waals surface area contributed by atoms with Gasteiger partial charge in [0.1, 0.15) is 11.3 Å². The summed E-state index contributed by atoms with van der Waals surface area (Å²) in [5, 5.41) is 0. The molecule has 0 aliphatic heterocycles. The smallest absolute Gasteiger partial charge is 0.326 e. The van der Waals surface area contributed by atoms with E-state index in [2.05, 4.69) is 4.98 Å². The molecule has 0 saturated heterocycles. The molecule has 0 amide bonds. The van der Waals surface area contributed by atoms with Crippen molar-refractivity contribution < 1.29 is 13.9 Å². The lowest BCUT2D eigenvalue weighted by molar-refractivity contribution is -0.146. The minimum Gasteiger partial charge on any atom is -0.469 e. The molecule has 3 rings (SSSR count). The first-order chi connectivity index (χ1) is 10.1. The third-order valence-corrected chi connectivity index (χ3v) is 4.30. The van der Waals surface area contributed by atoms with Gasteiger partial charge in [-0.1, -0.05) is 6.07 Å². The molecule has 1 aromatic carbocycles. The molecular weight excluding hydrogens is 275 g/mol. The van der Waals surface area contributed by atoms with Gasteiger partial charge in [0.2, 0.25) is 0 Å². The number of halogens is 1. The topological polar surface area (TPSA) is 64.1 Å². The van der Waals surface area contributed by atoms with Crippen molar-refractivity contribution in [1.29, 1.82) is 0 Å². The standard InChI is InChI=1S/C15H17FN2O3/c1-21-14(19)9-5-7-10(8-6-9)18-12-4-2-3-11(16)13(12)17-15(18)20/h2-4,9-10H,5-8H2,1H3,(H,17,20). The Bertz CT molecular complexity index is 726. The van der Waals surface area contributed by atoms with Crippen molar-refractivity contribution in [2.75, 3.05) is 7.11 Å². The highest BCUT2D eigenvalue weighted by molar-refractivity contribution is 5.76. The Morgan fingerprint density at radius 2 is 2.05 bits per heavy atom. The van der Waals surface area contributed by atoms with E-state index in [-0.39, 0.29) is 29.1 Å². The number of para-hydroxylation sites is 1. The largest absolute Gasteiger partial charge is 0.469 e. The van der Waals surface area contributed by atoms with E-state index in [1.54, 1.807) is 16.7 Å². The maximum Gasteiger partial charge on any atom is 0.326 e. The van der Waals surface area contributed by atoms with Gasteiger partial charge >= 0.3 is 11.7 Å². The summed E-state index contributed by atoms with van der Waals surface area (Å²) in [6, 6.07) is 4.66. The number of rotatable bonds is 2. The number of fused-ring (bicyclic) bond motifs is 1. The number of H-pyrrole nitrogens is 1. The summed E-state index contributed by atoms with van der Waals surface area (Å²) in [5.41, 5.74) is 0.538. The molecule has 0 unspecified atom stereocenters. The number of methoxy groups -OCH3 is 1. The van der Waals surface area contributed by atoms with E-state index < -0.39 is 5.82 Å². The van der Waals surface area contributed by atoms with Crippen LogP contribution in [0, 0.1) is 11.7 Å². The number of benzene rings is 1. The van der Waals surface area contributed by atoms with Crippen molar-refractivity contribution in [1.82, 2.24) is 9.55 Å². The lowest BCUT2D eigenvalue weighted by Gasteiger charge is -2.27. The van der Waals surface area contributed by atoms with Gasteiger partial charge in [-0.25, -0.2) is 9.18 Å². The molecule has 2 aromatic rings. The van der Waals surface area contributed by atoms with Gasteiger partial charge in [0.15, 0.2) is 0 Å². The molecule has 0 bridgehead atoms. The van der Waals surface area contributed by atoms with Crippen LogP contribution in [-0.2, 0) is 9.53 Å². The summed E-state index contributed by atoms with van der Waals surface area (Å²) >= 11 is 0. The third kappa shape index (κ3) is 2.34. The number of carbonyl (C=O) groups excluding carboxylic acids is 1. The predicted octanol–water partition coefficient (Wildman–Crippen LogP) is 2.37. The first-order valence-electron chi connectivity index (χ1n) is 7.08. The first-order valence-corrected chi connectivity index (χ1v) is 7.08.